The number of aliphatic carboxylic acids is 1. The Morgan fingerprint density at radius 2 is 1.61 bits per heavy atom. The van der Waals surface area contributed by atoms with E-state index in [-0.39, 0.29) is 18.9 Å². The molecule has 0 heterocycles. The molecule has 0 radical (unpaired) electrons. The van der Waals surface area contributed by atoms with Gasteiger partial charge in [0.25, 0.3) is 5.91 Å². The van der Waals surface area contributed by atoms with Gasteiger partial charge >= 0.3 is 18.0 Å². The van der Waals surface area contributed by atoms with Gasteiger partial charge in [-0.3, -0.25) is 9.59 Å². The topological polar surface area (TPSA) is 105 Å². The molecule has 0 aromatic heterocycles. The highest BCUT2D eigenvalue weighted by Crippen LogP contribution is 2.44. The van der Waals surface area contributed by atoms with Crippen LogP contribution in [-0.4, -0.2) is 48.2 Å². The van der Waals surface area contributed by atoms with Crippen molar-refractivity contribution in [2.75, 3.05) is 13.2 Å². The molecule has 0 fully saturated rings. The Hall–Kier alpha value is -3.75. The number of carboxylic acid groups (broad SMARTS) is 1. The lowest BCUT2D eigenvalue weighted by molar-refractivity contribution is -0.146. The van der Waals surface area contributed by atoms with E-state index in [9.17, 15) is 23.2 Å². The molecule has 172 valence electrons. The van der Waals surface area contributed by atoms with Gasteiger partial charge in [0.1, 0.15) is 6.61 Å². The number of fused-ring (bicyclic) bond motifs is 3. The smallest absolute Gasteiger partial charge is 0.407 e. The van der Waals surface area contributed by atoms with Gasteiger partial charge in [-0.2, -0.15) is 8.78 Å². The van der Waals surface area contributed by atoms with Crippen molar-refractivity contribution in [3.8, 4) is 11.1 Å². The molecule has 3 N–H and O–H groups in total. The van der Waals surface area contributed by atoms with Crippen molar-refractivity contribution in [3.63, 3.8) is 0 Å². The summed E-state index contributed by atoms with van der Waals surface area (Å²) in [5.74, 6) is -7.62. The van der Waals surface area contributed by atoms with E-state index in [2.05, 4.69) is 5.32 Å². The van der Waals surface area contributed by atoms with Crippen molar-refractivity contribution >= 4 is 18.0 Å². The lowest BCUT2D eigenvalue weighted by atomic mass is 9.98. The van der Waals surface area contributed by atoms with E-state index in [4.69, 9.17) is 9.84 Å². The van der Waals surface area contributed by atoms with Crippen LogP contribution in [0.4, 0.5) is 13.6 Å². The first-order valence-corrected chi connectivity index (χ1v) is 10.4. The van der Waals surface area contributed by atoms with Gasteiger partial charge in [0, 0.05) is 12.0 Å². The number of alkyl halides is 2. The molecule has 9 heteroatoms. The summed E-state index contributed by atoms with van der Waals surface area (Å²) in [6.07, 6.45) is 1.65. The molecule has 2 atom stereocenters. The first kappa shape index (κ1) is 22.4. The summed E-state index contributed by atoms with van der Waals surface area (Å²) in [7, 11) is 0. The molecule has 2 aromatic rings. The van der Waals surface area contributed by atoms with Crippen LogP contribution in [0.1, 0.15) is 23.5 Å². The van der Waals surface area contributed by atoms with Crippen LogP contribution in [0.15, 0.2) is 60.7 Å². The zero-order valence-corrected chi connectivity index (χ0v) is 17.5. The molecule has 4 rings (SSSR count). The second-order valence-electron chi connectivity index (χ2n) is 8.03. The minimum atomic E-state index is -3.89. The van der Waals surface area contributed by atoms with Gasteiger partial charge in [-0.25, -0.2) is 4.79 Å². The van der Waals surface area contributed by atoms with Crippen LogP contribution in [0.25, 0.3) is 11.1 Å². The van der Waals surface area contributed by atoms with Crippen LogP contribution in [0.3, 0.4) is 0 Å². The lowest BCUT2D eigenvalue weighted by Gasteiger charge is -2.20. The summed E-state index contributed by atoms with van der Waals surface area (Å²) < 4.78 is 33.6. The molecular weight excluding hydrogens is 434 g/mol. The van der Waals surface area contributed by atoms with Crippen molar-refractivity contribution in [1.82, 2.24) is 10.6 Å². The van der Waals surface area contributed by atoms with Crippen LogP contribution in [0, 0.1) is 5.92 Å². The van der Waals surface area contributed by atoms with Gasteiger partial charge in [-0.05, 0) is 28.7 Å². The molecule has 2 aromatic carbocycles. The van der Waals surface area contributed by atoms with Gasteiger partial charge in [-0.1, -0.05) is 60.7 Å². The van der Waals surface area contributed by atoms with Gasteiger partial charge in [0.05, 0.1) is 12.5 Å². The Morgan fingerprint density at radius 1 is 1.00 bits per heavy atom. The number of carbonyl (C=O) groups excluding carboxylic acids is 2. The van der Waals surface area contributed by atoms with E-state index in [0.29, 0.717) is 0 Å². The fourth-order valence-electron chi connectivity index (χ4n) is 4.18. The van der Waals surface area contributed by atoms with Crippen molar-refractivity contribution in [1.29, 1.82) is 0 Å². The highest BCUT2D eigenvalue weighted by molar-refractivity contribution is 5.85. The molecule has 0 saturated heterocycles. The average molecular weight is 456 g/mol. The van der Waals surface area contributed by atoms with Crippen molar-refractivity contribution in [2.45, 2.75) is 24.3 Å². The SMILES string of the molecule is O=C(NCC(F)(F)C(=O)NC1C=CC(C(=O)O)C1)OCC1c2ccccc2-c2ccccc21. The van der Waals surface area contributed by atoms with Gasteiger partial charge < -0.3 is 20.5 Å². The maximum atomic E-state index is 14.2. The zero-order chi connectivity index (χ0) is 23.6. The highest BCUT2D eigenvalue weighted by atomic mass is 19.3. The Labute approximate surface area is 188 Å². The highest BCUT2D eigenvalue weighted by Gasteiger charge is 2.41. The number of amides is 2. The summed E-state index contributed by atoms with van der Waals surface area (Å²) >= 11 is 0. The van der Waals surface area contributed by atoms with Gasteiger partial charge in [0.15, 0.2) is 0 Å². The Balaban J connectivity index is 1.29. The fraction of sp³-hybridized carbons (Fsp3) is 0.292. The quantitative estimate of drug-likeness (QED) is 0.555. The van der Waals surface area contributed by atoms with Crippen LogP contribution in [-0.2, 0) is 14.3 Å². The normalized spacial score (nSPS) is 19.0. The van der Waals surface area contributed by atoms with Crippen molar-refractivity contribution in [2.24, 2.45) is 5.92 Å². The summed E-state index contributed by atoms with van der Waals surface area (Å²) in [6, 6.07) is 14.6. The summed E-state index contributed by atoms with van der Waals surface area (Å²) in [4.78, 5) is 34.9. The second kappa shape index (κ2) is 9.01. The molecule has 0 aliphatic heterocycles. The first-order valence-electron chi connectivity index (χ1n) is 10.4. The maximum Gasteiger partial charge on any atom is 0.407 e. The average Bonchev–Trinajstić information content (AvgIpc) is 3.39. The van der Waals surface area contributed by atoms with Crippen molar-refractivity contribution in [3.05, 3.63) is 71.8 Å². The Kier molecular flexibility index (Phi) is 6.13. The first-order chi connectivity index (χ1) is 15.8. The van der Waals surface area contributed by atoms with E-state index < -0.39 is 42.4 Å². The molecule has 0 spiro atoms. The summed E-state index contributed by atoms with van der Waals surface area (Å²) in [5.41, 5.74) is 4.05. The van der Waals surface area contributed by atoms with Crippen molar-refractivity contribution < 1.29 is 33.0 Å². The lowest BCUT2D eigenvalue weighted by Crippen LogP contribution is -2.50. The molecular formula is C24H22F2N2O5. The number of benzene rings is 2. The molecule has 7 nitrogen and oxygen atoms in total. The number of carboxylic acids is 1. The van der Waals surface area contributed by atoms with E-state index >= 15 is 0 Å². The number of carbonyl (C=O) groups is 3. The molecule has 33 heavy (non-hydrogen) atoms. The van der Waals surface area contributed by atoms with E-state index in [0.717, 1.165) is 22.3 Å². The molecule has 2 unspecified atom stereocenters. The fourth-order valence-corrected chi connectivity index (χ4v) is 4.18. The molecule has 2 aliphatic rings. The van der Waals surface area contributed by atoms with E-state index in [1.54, 1.807) is 0 Å². The second-order valence-corrected chi connectivity index (χ2v) is 8.03. The Bertz CT molecular complexity index is 1070. The molecule has 2 amide bonds. The van der Waals surface area contributed by atoms with Crippen LogP contribution < -0.4 is 10.6 Å². The number of halogens is 2. The number of hydrogen-bond acceptors (Lipinski definition) is 4. The van der Waals surface area contributed by atoms with Gasteiger partial charge in [-0.15, -0.1) is 0 Å². The van der Waals surface area contributed by atoms with E-state index in [1.807, 2.05) is 53.8 Å². The number of rotatable bonds is 7. The standard InChI is InChI=1S/C24H22F2N2O5/c25-24(26,22(31)28-15-10-9-14(11-15)21(29)30)13-27-23(32)33-12-20-18-7-3-1-5-16(18)17-6-2-4-8-19(17)20/h1-10,14-15,20H,11-13H2,(H,27,32)(H,28,31)(H,29,30). The number of nitrogens with one attached hydrogen (secondary N) is 2. The predicted octanol–water partition coefficient (Wildman–Crippen LogP) is 3.31. The van der Waals surface area contributed by atoms with E-state index in [1.165, 1.54) is 12.2 Å². The van der Waals surface area contributed by atoms with Crippen LogP contribution >= 0.6 is 0 Å². The molecule has 0 bridgehead atoms. The maximum absolute atomic E-state index is 14.2. The monoisotopic (exact) mass is 456 g/mol. The molecule has 2 aliphatic carbocycles. The summed E-state index contributed by atoms with van der Waals surface area (Å²) in [6.45, 7) is -1.28. The number of hydrogen-bond donors (Lipinski definition) is 3. The Morgan fingerprint density at radius 3 is 2.18 bits per heavy atom. The summed E-state index contributed by atoms with van der Waals surface area (Å²) in [5, 5.41) is 13.0. The largest absolute Gasteiger partial charge is 0.481 e. The third kappa shape index (κ3) is 4.72. The number of alkyl carbamates (subject to hydrolysis) is 1. The predicted molar refractivity (Wildman–Crippen MR) is 115 cm³/mol. The number of ether oxygens (including phenoxy) is 1. The van der Waals surface area contributed by atoms with Crippen LogP contribution in [0.5, 0.6) is 0 Å². The third-order valence-corrected chi connectivity index (χ3v) is 5.85. The minimum absolute atomic E-state index is 0.00302. The van der Waals surface area contributed by atoms with Gasteiger partial charge in [0.2, 0.25) is 0 Å². The molecule has 0 saturated carbocycles. The van der Waals surface area contributed by atoms with Crippen LogP contribution in [0.2, 0.25) is 0 Å². The zero-order valence-electron chi connectivity index (χ0n) is 17.5. The minimum Gasteiger partial charge on any atom is -0.481 e. The third-order valence-electron chi connectivity index (χ3n) is 5.85.